The minimum absolute atomic E-state index is 0.0455. The molecule has 1 aromatic rings. The highest BCUT2D eigenvalue weighted by atomic mass is 35.5. The minimum atomic E-state index is -3.65. The van der Waals surface area contributed by atoms with Crippen LogP contribution >= 0.6 is 11.6 Å². The molecule has 2 fully saturated rings. The van der Waals surface area contributed by atoms with Crippen LogP contribution in [0, 0.1) is 5.92 Å². The van der Waals surface area contributed by atoms with Gasteiger partial charge in [-0.25, -0.2) is 8.42 Å². The van der Waals surface area contributed by atoms with Crippen molar-refractivity contribution >= 4 is 27.5 Å². The highest BCUT2D eigenvalue weighted by molar-refractivity contribution is 7.89. The fourth-order valence-corrected chi connectivity index (χ4v) is 5.40. The Morgan fingerprint density at radius 2 is 1.88 bits per heavy atom. The molecule has 1 amide bonds. The molecule has 0 unspecified atom stereocenters. The third-order valence-electron chi connectivity index (χ3n) is 4.82. The van der Waals surface area contributed by atoms with Crippen molar-refractivity contribution in [2.75, 3.05) is 26.2 Å². The van der Waals surface area contributed by atoms with E-state index < -0.39 is 10.0 Å². The standard InChI is InChI=1S/C17H23ClN2O3S/c1-13-7-10-19(12-13)17(21)14-5-6-15(18)16(11-14)24(22,23)20-8-3-2-4-9-20/h5-6,11,13H,2-4,7-10,12H2,1H3/t13-/m0/s1. The van der Waals surface area contributed by atoms with E-state index in [1.165, 1.54) is 16.4 Å². The fourth-order valence-electron chi connectivity index (χ4n) is 3.38. The van der Waals surface area contributed by atoms with Crippen molar-refractivity contribution in [3.8, 4) is 0 Å². The van der Waals surface area contributed by atoms with Crippen molar-refractivity contribution in [3.05, 3.63) is 28.8 Å². The SMILES string of the molecule is C[C@H]1CCN(C(=O)c2ccc(Cl)c(S(=O)(=O)N3CCCCC3)c2)C1. The first-order valence-corrected chi connectivity index (χ1v) is 10.3. The molecule has 2 heterocycles. The molecule has 0 radical (unpaired) electrons. The van der Waals surface area contributed by atoms with Crippen molar-refractivity contribution in [3.63, 3.8) is 0 Å². The van der Waals surface area contributed by atoms with Crippen molar-refractivity contribution < 1.29 is 13.2 Å². The van der Waals surface area contributed by atoms with Gasteiger partial charge in [-0.05, 0) is 43.4 Å². The van der Waals surface area contributed by atoms with E-state index in [0.717, 1.165) is 38.8 Å². The lowest BCUT2D eigenvalue weighted by Gasteiger charge is -2.26. The number of piperidine rings is 1. The third-order valence-corrected chi connectivity index (χ3v) is 7.20. The molecule has 132 valence electrons. The molecule has 2 saturated heterocycles. The Kier molecular flexibility index (Phi) is 5.18. The molecular formula is C17H23ClN2O3S. The first kappa shape index (κ1) is 17.7. The second-order valence-corrected chi connectivity index (χ2v) is 9.07. The van der Waals surface area contributed by atoms with Gasteiger partial charge in [0.1, 0.15) is 4.90 Å². The summed E-state index contributed by atoms with van der Waals surface area (Å²) in [5.41, 5.74) is 0.393. The summed E-state index contributed by atoms with van der Waals surface area (Å²) in [4.78, 5) is 14.5. The molecule has 1 aromatic carbocycles. The molecule has 1 atom stereocenters. The molecule has 0 saturated carbocycles. The zero-order chi connectivity index (χ0) is 17.3. The Labute approximate surface area is 148 Å². The number of rotatable bonds is 3. The molecule has 24 heavy (non-hydrogen) atoms. The van der Waals surface area contributed by atoms with E-state index in [2.05, 4.69) is 6.92 Å². The lowest BCUT2D eigenvalue weighted by molar-refractivity contribution is 0.0788. The summed E-state index contributed by atoms with van der Waals surface area (Å²) >= 11 is 6.16. The van der Waals surface area contributed by atoms with Crippen molar-refractivity contribution in [1.82, 2.24) is 9.21 Å². The van der Waals surface area contributed by atoms with Crippen LogP contribution in [-0.2, 0) is 10.0 Å². The third kappa shape index (κ3) is 3.46. The Balaban J connectivity index is 1.90. The molecule has 3 rings (SSSR count). The summed E-state index contributed by atoms with van der Waals surface area (Å²) in [6.45, 7) is 4.58. The summed E-state index contributed by atoms with van der Waals surface area (Å²) < 4.78 is 27.2. The van der Waals surface area contributed by atoms with E-state index in [9.17, 15) is 13.2 Å². The van der Waals surface area contributed by atoms with Gasteiger partial charge in [0.05, 0.1) is 5.02 Å². The smallest absolute Gasteiger partial charge is 0.253 e. The number of likely N-dealkylation sites (tertiary alicyclic amines) is 1. The average molecular weight is 371 g/mol. The largest absolute Gasteiger partial charge is 0.338 e. The number of hydrogen-bond acceptors (Lipinski definition) is 3. The van der Waals surface area contributed by atoms with Crippen molar-refractivity contribution in [2.24, 2.45) is 5.92 Å². The van der Waals surface area contributed by atoms with Crippen molar-refractivity contribution in [1.29, 1.82) is 0 Å². The van der Waals surface area contributed by atoms with Gasteiger partial charge in [0, 0.05) is 31.7 Å². The number of nitrogens with zero attached hydrogens (tertiary/aromatic N) is 2. The van der Waals surface area contributed by atoms with Crippen molar-refractivity contribution in [2.45, 2.75) is 37.5 Å². The molecule has 2 aliphatic heterocycles. The van der Waals surface area contributed by atoms with E-state index >= 15 is 0 Å². The molecule has 0 aromatic heterocycles. The van der Waals surface area contributed by atoms with Gasteiger partial charge in [-0.1, -0.05) is 24.9 Å². The van der Waals surface area contributed by atoms with Gasteiger partial charge in [-0.2, -0.15) is 4.31 Å². The molecule has 0 bridgehead atoms. The number of carbonyl (C=O) groups excluding carboxylic acids is 1. The van der Waals surface area contributed by atoms with E-state index in [4.69, 9.17) is 11.6 Å². The maximum Gasteiger partial charge on any atom is 0.253 e. The maximum absolute atomic E-state index is 12.9. The highest BCUT2D eigenvalue weighted by Gasteiger charge is 2.30. The van der Waals surface area contributed by atoms with Crippen LogP contribution in [-0.4, -0.2) is 49.7 Å². The monoisotopic (exact) mass is 370 g/mol. The molecule has 7 heteroatoms. The Hall–Kier alpha value is -1.11. The van der Waals surface area contributed by atoms with Crippen LogP contribution in [0.25, 0.3) is 0 Å². The normalized spacial score (nSPS) is 22.8. The number of hydrogen-bond donors (Lipinski definition) is 0. The summed E-state index contributed by atoms with van der Waals surface area (Å²) in [7, 11) is -3.65. The number of halogens is 1. The predicted molar refractivity (Wildman–Crippen MR) is 93.7 cm³/mol. The lowest BCUT2D eigenvalue weighted by Crippen LogP contribution is -2.36. The molecule has 0 spiro atoms. The maximum atomic E-state index is 12.9. The zero-order valence-corrected chi connectivity index (χ0v) is 15.4. The number of amides is 1. The topological polar surface area (TPSA) is 57.7 Å². The van der Waals surface area contributed by atoms with Crippen LogP contribution in [0.2, 0.25) is 5.02 Å². The first-order valence-electron chi connectivity index (χ1n) is 8.48. The number of benzene rings is 1. The first-order chi connectivity index (χ1) is 11.4. The summed E-state index contributed by atoms with van der Waals surface area (Å²) in [6.07, 6.45) is 3.76. The highest BCUT2D eigenvalue weighted by Crippen LogP contribution is 2.29. The van der Waals surface area contributed by atoms with E-state index in [-0.39, 0.29) is 15.8 Å². The number of carbonyl (C=O) groups is 1. The van der Waals surface area contributed by atoms with Gasteiger partial charge in [0.15, 0.2) is 0 Å². The minimum Gasteiger partial charge on any atom is -0.338 e. The Bertz CT molecular complexity index is 729. The van der Waals surface area contributed by atoms with Crippen LogP contribution < -0.4 is 0 Å². The van der Waals surface area contributed by atoms with Crippen LogP contribution in [0.15, 0.2) is 23.1 Å². The van der Waals surface area contributed by atoms with Crippen LogP contribution in [0.4, 0.5) is 0 Å². The molecule has 0 N–H and O–H groups in total. The van der Waals surface area contributed by atoms with Gasteiger partial charge in [-0.3, -0.25) is 4.79 Å². The van der Waals surface area contributed by atoms with Gasteiger partial charge >= 0.3 is 0 Å². The number of sulfonamides is 1. The second-order valence-electron chi connectivity index (χ2n) is 6.75. The van der Waals surface area contributed by atoms with E-state index in [1.54, 1.807) is 11.0 Å². The average Bonchev–Trinajstić information content (AvgIpc) is 3.02. The van der Waals surface area contributed by atoms with Gasteiger partial charge in [0.25, 0.3) is 5.91 Å². The Morgan fingerprint density at radius 3 is 2.50 bits per heavy atom. The zero-order valence-electron chi connectivity index (χ0n) is 13.9. The van der Waals surface area contributed by atoms with E-state index in [0.29, 0.717) is 24.6 Å². The summed E-state index contributed by atoms with van der Waals surface area (Å²) in [5.74, 6) is 0.365. The lowest BCUT2D eigenvalue weighted by atomic mass is 10.2. The van der Waals surface area contributed by atoms with Crippen LogP contribution in [0.1, 0.15) is 43.0 Å². The van der Waals surface area contributed by atoms with Crippen LogP contribution in [0.3, 0.4) is 0 Å². The molecule has 2 aliphatic rings. The summed E-state index contributed by atoms with van der Waals surface area (Å²) in [5, 5.41) is 0.173. The van der Waals surface area contributed by atoms with E-state index in [1.807, 2.05) is 0 Å². The van der Waals surface area contributed by atoms with Gasteiger partial charge in [-0.15, -0.1) is 0 Å². The second kappa shape index (κ2) is 7.02. The van der Waals surface area contributed by atoms with Gasteiger partial charge < -0.3 is 4.90 Å². The Morgan fingerprint density at radius 1 is 1.17 bits per heavy atom. The predicted octanol–water partition coefficient (Wildman–Crippen LogP) is 3.00. The van der Waals surface area contributed by atoms with Crippen LogP contribution in [0.5, 0.6) is 0 Å². The molecule has 0 aliphatic carbocycles. The summed E-state index contributed by atoms with van der Waals surface area (Å²) in [6, 6.07) is 4.57. The fraction of sp³-hybridized carbons (Fsp3) is 0.588. The quantitative estimate of drug-likeness (QED) is 0.821. The van der Waals surface area contributed by atoms with Gasteiger partial charge in [0.2, 0.25) is 10.0 Å². The molecule has 5 nitrogen and oxygen atoms in total. The molecular weight excluding hydrogens is 348 g/mol.